The predicted molar refractivity (Wildman–Crippen MR) is 264 cm³/mol. The molecule has 1 heterocycles. The number of amidine groups is 1. The summed E-state index contributed by atoms with van der Waals surface area (Å²) in [6.07, 6.45) is 0. The number of aryl methyl sites for hydroxylation is 2. The van der Waals surface area contributed by atoms with Crippen LogP contribution in [0.2, 0.25) is 0 Å². The number of hydrogen-bond donors (Lipinski definition) is 2. The largest absolute Gasteiger partial charge is 0.383 e. The van der Waals surface area contributed by atoms with Crippen molar-refractivity contribution in [3.05, 3.63) is 204 Å². The second-order valence-electron chi connectivity index (χ2n) is 15.8. The number of thiophene rings is 1. The number of benzene rings is 9. The van der Waals surface area contributed by atoms with Crippen LogP contribution in [0.5, 0.6) is 0 Å². The highest BCUT2D eigenvalue weighted by molar-refractivity contribution is 7.25. The highest BCUT2D eigenvalue weighted by Gasteiger charge is 2.36. The summed E-state index contributed by atoms with van der Waals surface area (Å²) in [5, 5.41) is 16.2. The molecule has 0 saturated carbocycles. The molecule has 1 aromatic heterocycles. The van der Waals surface area contributed by atoms with Gasteiger partial charge in [0, 0.05) is 38.2 Å². The summed E-state index contributed by atoms with van der Waals surface area (Å²) < 4.78 is 2.73. The van der Waals surface area contributed by atoms with Crippen LogP contribution in [0.15, 0.2) is 181 Å². The van der Waals surface area contributed by atoms with E-state index in [4.69, 9.17) is 11.1 Å². The second kappa shape index (κ2) is 16.8. The van der Waals surface area contributed by atoms with Gasteiger partial charge in [-0.2, -0.15) is 0 Å². The van der Waals surface area contributed by atoms with E-state index in [-0.39, 0.29) is 5.41 Å². The molecule has 1 aliphatic rings. The lowest BCUT2D eigenvalue weighted by molar-refractivity contribution is 0.660. The van der Waals surface area contributed by atoms with E-state index < -0.39 is 0 Å². The normalized spacial score (nSPS) is 12.5. The second-order valence-corrected chi connectivity index (χ2v) is 16.9. The molecule has 1 aliphatic carbocycles. The Hall–Kier alpha value is -6.88. The van der Waals surface area contributed by atoms with Gasteiger partial charge in [0.15, 0.2) is 0 Å². The fraction of sp³-hybridized carbons (Fsp3) is 0.107. The summed E-state index contributed by atoms with van der Waals surface area (Å²) in [6.45, 7) is 11.3. The van der Waals surface area contributed by atoms with Gasteiger partial charge in [0.2, 0.25) is 0 Å². The first-order chi connectivity index (χ1) is 29.2. The van der Waals surface area contributed by atoms with Crippen LogP contribution in [0.25, 0.3) is 74.7 Å². The van der Waals surface area contributed by atoms with E-state index in [1.165, 1.54) is 97.0 Å². The molecule has 294 valence electrons. The predicted octanol–water partition coefficient (Wildman–Crippen LogP) is 15.1. The molecule has 0 spiro atoms. The Balaban J connectivity index is 0.000000150. The third kappa shape index (κ3) is 7.14. The highest BCUT2D eigenvalue weighted by atomic mass is 32.1. The number of rotatable bonds is 2. The number of aliphatic imine (C=N–C) groups is 1. The summed E-state index contributed by atoms with van der Waals surface area (Å²) in [5.74, 6) is 0.601. The van der Waals surface area contributed by atoms with Gasteiger partial charge in [-0.05, 0) is 116 Å². The SMILES string of the molecule is C=N.CN=C(N)c1cccc2c1-c1ccccc1C2(C)C.Cc1cccc2sc3ccc(-c4ccc5c6ccccc6c6ccccc6c5c4)cc3c12.Cc1ccccc1. The van der Waals surface area contributed by atoms with Crippen molar-refractivity contribution in [2.75, 3.05) is 7.05 Å². The molecule has 0 saturated heterocycles. The van der Waals surface area contributed by atoms with Crippen LogP contribution in [-0.4, -0.2) is 19.6 Å². The molecule has 0 aliphatic heterocycles. The number of nitrogens with one attached hydrogen (secondary N) is 1. The van der Waals surface area contributed by atoms with Crippen LogP contribution in [0, 0.1) is 19.3 Å². The Morgan fingerprint density at radius 1 is 0.533 bits per heavy atom. The smallest absolute Gasteiger partial charge is 0.125 e. The molecule has 0 bridgehead atoms. The van der Waals surface area contributed by atoms with Crippen molar-refractivity contribution in [1.82, 2.24) is 0 Å². The van der Waals surface area contributed by atoms with Gasteiger partial charge in [0.1, 0.15) is 5.84 Å². The van der Waals surface area contributed by atoms with Crippen LogP contribution in [-0.2, 0) is 5.41 Å². The molecule has 9 aromatic carbocycles. The van der Waals surface area contributed by atoms with Crippen LogP contribution in [0.1, 0.15) is 41.7 Å². The summed E-state index contributed by atoms with van der Waals surface area (Å²) in [5.41, 5.74) is 17.6. The minimum atomic E-state index is 0.0238. The maximum atomic E-state index is 6.06. The average Bonchev–Trinajstić information content (AvgIpc) is 3.79. The van der Waals surface area contributed by atoms with Gasteiger partial charge in [-0.3, -0.25) is 4.99 Å². The molecule has 0 amide bonds. The van der Waals surface area contributed by atoms with Gasteiger partial charge in [-0.15, -0.1) is 11.3 Å². The van der Waals surface area contributed by atoms with E-state index in [2.05, 4.69) is 197 Å². The summed E-state index contributed by atoms with van der Waals surface area (Å²) >= 11 is 1.89. The Bertz CT molecular complexity index is 3170. The van der Waals surface area contributed by atoms with E-state index in [1.807, 2.05) is 29.5 Å². The van der Waals surface area contributed by atoms with Crippen molar-refractivity contribution >= 4 is 76.4 Å². The topological polar surface area (TPSA) is 62.2 Å². The van der Waals surface area contributed by atoms with Gasteiger partial charge in [-0.1, -0.05) is 171 Å². The number of hydrogen-bond acceptors (Lipinski definition) is 3. The molecule has 4 heteroatoms. The zero-order valence-electron chi connectivity index (χ0n) is 34.9. The lowest BCUT2D eigenvalue weighted by Gasteiger charge is -2.21. The van der Waals surface area contributed by atoms with Gasteiger partial charge in [-0.25, -0.2) is 0 Å². The van der Waals surface area contributed by atoms with Gasteiger partial charge < -0.3 is 11.1 Å². The van der Waals surface area contributed by atoms with Gasteiger partial charge in [0.25, 0.3) is 0 Å². The van der Waals surface area contributed by atoms with E-state index in [0.29, 0.717) is 5.84 Å². The van der Waals surface area contributed by atoms with Crippen molar-refractivity contribution in [2.24, 2.45) is 10.7 Å². The third-order valence-electron chi connectivity index (χ3n) is 11.8. The molecule has 10 aromatic rings. The van der Waals surface area contributed by atoms with Crippen molar-refractivity contribution in [2.45, 2.75) is 33.1 Å². The zero-order valence-corrected chi connectivity index (χ0v) is 35.7. The van der Waals surface area contributed by atoms with Gasteiger partial charge in [0.05, 0.1) is 0 Å². The maximum absolute atomic E-state index is 6.06. The molecule has 60 heavy (non-hydrogen) atoms. The molecule has 3 N–H and O–H groups in total. The highest BCUT2D eigenvalue weighted by Crippen LogP contribution is 2.49. The van der Waals surface area contributed by atoms with E-state index in [1.54, 1.807) is 7.05 Å². The fourth-order valence-electron chi connectivity index (χ4n) is 8.89. The molecule has 0 atom stereocenters. The number of nitrogens with zero attached hydrogens (tertiary/aromatic N) is 1. The molecule has 11 rings (SSSR count). The lowest BCUT2D eigenvalue weighted by Crippen LogP contribution is -2.17. The zero-order chi connectivity index (χ0) is 42.0. The molecular formula is C56H49N3S. The molecule has 0 fully saturated rings. The monoisotopic (exact) mass is 795 g/mol. The van der Waals surface area contributed by atoms with Crippen LogP contribution >= 0.6 is 11.3 Å². The maximum Gasteiger partial charge on any atom is 0.125 e. The van der Waals surface area contributed by atoms with Crippen molar-refractivity contribution in [1.29, 1.82) is 5.41 Å². The Kier molecular flexibility index (Phi) is 11.2. The van der Waals surface area contributed by atoms with E-state index in [9.17, 15) is 0 Å². The molecular weight excluding hydrogens is 747 g/mol. The minimum absolute atomic E-state index is 0.0238. The average molecular weight is 796 g/mol. The number of nitrogens with two attached hydrogens (primary N) is 1. The standard InChI is InChI=1S/C31H20S.C17H18N2.C7H8.CH3N/c1-19-7-6-12-30-31(19)28-18-21(14-16-29(28)32-30)20-13-15-26-24-10-3-2-8-22(24)23-9-4-5-11-25(23)27(26)17-20;1-17(2)13-9-5-4-7-11(13)15-12(16(18)19-3)8-6-10-14(15)17;1-7-5-3-2-4-6-7;1-2/h2-18H,1H3;4-10H,1-3H3,(H2,18,19);2-6H,1H3;2H,1H2. The molecule has 0 unspecified atom stereocenters. The summed E-state index contributed by atoms with van der Waals surface area (Å²) in [6, 6.07) is 63.2. The Morgan fingerprint density at radius 3 is 1.70 bits per heavy atom. The van der Waals surface area contributed by atoms with Crippen LogP contribution < -0.4 is 5.73 Å². The van der Waals surface area contributed by atoms with E-state index in [0.717, 1.165) is 5.56 Å². The van der Waals surface area contributed by atoms with Crippen molar-refractivity contribution in [3.63, 3.8) is 0 Å². The quantitative estimate of drug-likeness (QED) is 0.102. The van der Waals surface area contributed by atoms with Crippen molar-refractivity contribution in [3.8, 4) is 22.3 Å². The number of fused-ring (bicyclic) bond motifs is 12. The molecule has 0 radical (unpaired) electrons. The Labute approximate surface area is 357 Å². The molecule has 3 nitrogen and oxygen atoms in total. The van der Waals surface area contributed by atoms with Crippen LogP contribution in [0.4, 0.5) is 0 Å². The first-order valence-electron chi connectivity index (χ1n) is 20.3. The van der Waals surface area contributed by atoms with E-state index >= 15 is 0 Å². The third-order valence-corrected chi connectivity index (χ3v) is 13.0. The van der Waals surface area contributed by atoms with Crippen molar-refractivity contribution < 1.29 is 0 Å². The first kappa shape index (κ1) is 39.9. The summed E-state index contributed by atoms with van der Waals surface area (Å²) in [7, 11) is 1.74. The summed E-state index contributed by atoms with van der Waals surface area (Å²) in [4.78, 5) is 4.15. The minimum Gasteiger partial charge on any atom is -0.383 e. The lowest BCUT2D eigenvalue weighted by atomic mass is 9.82. The fourth-order valence-corrected chi connectivity index (χ4v) is 10.1. The Morgan fingerprint density at radius 2 is 1.07 bits per heavy atom. The first-order valence-corrected chi connectivity index (χ1v) is 21.1. The van der Waals surface area contributed by atoms with Crippen LogP contribution in [0.3, 0.4) is 0 Å². The van der Waals surface area contributed by atoms with Gasteiger partial charge >= 0.3 is 0 Å².